The van der Waals surface area contributed by atoms with Gasteiger partial charge in [-0.15, -0.1) is 0 Å². The van der Waals surface area contributed by atoms with E-state index in [-0.39, 0.29) is 11.9 Å². The van der Waals surface area contributed by atoms with Crippen LogP contribution in [0.3, 0.4) is 0 Å². The molecule has 0 radical (unpaired) electrons. The molecule has 0 unspecified atom stereocenters. The van der Waals surface area contributed by atoms with E-state index in [9.17, 15) is 4.39 Å². The lowest BCUT2D eigenvalue weighted by Crippen LogP contribution is -2.16. The highest BCUT2D eigenvalue weighted by Gasteiger charge is 2.14. The minimum Gasteiger partial charge on any atom is -0.475 e. The summed E-state index contributed by atoms with van der Waals surface area (Å²) in [6.07, 6.45) is 1.71. The maximum Gasteiger partial charge on any atom is 0.213 e. The van der Waals surface area contributed by atoms with Gasteiger partial charge in [-0.3, -0.25) is 5.10 Å². The van der Waals surface area contributed by atoms with Crippen molar-refractivity contribution in [3.8, 4) is 17.0 Å². The van der Waals surface area contributed by atoms with Gasteiger partial charge in [0.1, 0.15) is 12.4 Å². The number of methoxy groups -OCH3 is 1. The monoisotopic (exact) mass is 365 g/mol. The van der Waals surface area contributed by atoms with Gasteiger partial charge in [0.2, 0.25) is 5.88 Å². The third kappa shape index (κ3) is 3.24. The number of nitrogens with zero attached hydrogens (tertiary/aromatic N) is 2. The molecule has 0 aliphatic carbocycles. The van der Waals surface area contributed by atoms with Crippen molar-refractivity contribution in [3.63, 3.8) is 0 Å². The summed E-state index contributed by atoms with van der Waals surface area (Å²) in [5, 5.41) is 8.77. The molecule has 1 atom stereocenters. The summed E-state index contributed by atoms with van der Waals surface area (Å²) in [6.45, 7) is 4.13. The second-order valence-electron chi connectivity index (χ2n) is 6.60. The number of H-pyrrole nitrogens is 1. The molecule has 0 saturated carbocycles. The van der Waals surface area contributed by atoms with Crippen LogP contribution in [0, 0.1) is 12.7 Å². The molecule has 5 nitrogen and oxygen atoms in total. The maximum absolute atomic E-state index is 14.4. The molecule has 138 valence electrons. The molecule has 1 N–H and O–H groups in total. The molecule has 0 aliphatic heterocycles. The zero-order valence-corrected chi connectivity index (χ0v) is 15.4. The fourth-order valence-electron chi connectivity index (χ4n) is 3.14. The molecule has 4 aromatic rings. The van der Waals surface area contributed by atoms with E-state index in [0.29, 0.717) is 23.6 Å². The summed E-state index contributed by atoms with van der Waals surface area (Å²) in [4.78, 5) is 4.59. The number of hydrogen-bond donors (Lipinski definition) is 1. The number of ether oxygens (including phenoxy) is 2. The van der Waals surface area contributed by atoms with Crippen molar-refractivity contribution >= 4 is 21.8 Å². The number of fused-ring (bicyclic) bond motifs is 2. The number of halogens is 1. The highest BCUT2D eigenvalue weighted by Crippen LogP contribution is 2.34. The van der Waals surface area contributed by atoms with Crippen LogP contribution in [-0.2, 0) is 4.74 Å². The first kappa shape index (κ1) is 17.4. The zero-order valence-electron chi connectivity index (χ0n) is 15.4. The Bertz CT molecular complexity index is 1120. The van der Waals surface area contributed by atoms with E-state index in [1.54, 1.807) is 20.2 Å². The molecule has 27 heavy (non-hydrogen) atoms. The van der Waals surface area contributed by atoms with Crippen LogP contribution in [0.5, 0.6) is 5.88 Å². The number of aromatic amines is 1. The fourth-order valence-corrected chi connectivity index (χ4v) is 3.14. The van der Waals surface area contributed by atoms with Crippen LogP contribution in [0.2, 0.25) is 0 Å². The van der Waals surface area contributed by atoms with Gasteiger partial charge in [-0.05, 0) is 48.7 Å². The average Bonchev–Trinajstić information content (AvgIpc) is 3.14. The fraction of sp³-hybridized carbons (Fsp3) is 0.238. The van der Waals surface area contributed by atoms with E-state index in [4.69, 9.17) is 9.47 Å². The van der Waals surface area contributed by atoms with Gasteiger partial charge >= 0.3 is 0 Å². The number of aromatic nitrogens is 3. The minimum absolute atomic E-state index is 0.0156. The lowest BCUT2D eigenvalue weighted by Gasteiger charge is -2.12. The molecule has 0 spiro atoms. The summed E-state index contributed by atoms with van der Waals surface area (Å²) in [6, 6.07) is 11.2. The SMILES string of the molecule is CO[C@@H](C)COc1ccc2ccc(-c3c(C)c(F)cc4[nH]ncc34)cc2n1. The standard InChI is InChI=1S/C21H20FN3O2/c1-12(26-3)11-27-20-7-6-14-4-5-15(8-18(14)24-20)21-13(2)17(22)9-19-16(21)10-23-25-19/h4-10,12H,11H2,1-3H3,(H,23,25)/t12-/m0/s1. The smallest absolute Gasteiger partial charge is 0.213 e. The van der Waals surface area contributed by atoms with Gasteiger partial charge in [0.25, 0.3) is 0 Å². The summed E-state index contributed by atoms with van der Waals surface area (Å²) >= 11 is 0. The van der Waals surface area contributed by atoms with Crippen molar-refractivity contribution in [1.29, 1.82) is 0 Å². The molecule has 0 bridgehead atoms. The van der Waals surface area contributed by atoms with E-state index < -0.39 is 0 Å². The first-order valence-electron chi connectivity index (χ1n) is 8.76. The highest BCUT2D eigenvalue weighted by atomic mass is 19.1. The van der Waals surface area contributed by atoms with Crippen LogP contribution < -0.4 is 4.74 Å². The number of pyridine rings is 1. The molecule has 6 heteroatoms. The zero-order chi connectivity index (χ0) is 19.0. The summed E-state index contributed by atoms with van der Waals surface area (Å²) < 4.78 is 25.3. The first-order valence-corrected chi connectivity index (χ1v) is 8.76. The van der Waals surface area contributed by atoms with Crippen LogP contribution >= 0.6 is 0 Å². The highest BCUT2D eigenvalue weighted by molar-refractivity contribution is 5.98. The third-order valence-corrected chi connectivity index (χ3v) is 4.77. The van der Waals surface area contributed by atoms with E-state index in [1.165, 1.54) is 6.07 Å². The lowest BCUT2D eigenvalue weighted by molar-refractivity contribution is 0.0701. The Hall–Kier alpha value is -2.99. The molecule has 2 aromatic carbocycles. The lowest BCUT2D eigenvalue weighted by atomic mass is 9.95. The molecule has 0 saturated heterocycles. The Morgan fingerprint density at radius 3 is 2.81 bits per heavy atom. The number of nitrogens with one attached hydrogen (secondary N) is 1. The summed E-state index contributed by atoms with van der Waals surface area (Å²) in [5.74, 6) is 0.272. The molecular weight excluding hydrogens is 345 g/mol. The van der Waals surface area contributed by atoms with Gasteiger partial charge in [0, 0.05) is 23.9 Å². The third-order valence-electron chi connectivity index (χ3n) is 4.77. The van der Waals surface area contributed by atoms with Gasteiger partial charge in [0.15, 0.2) is 0 Å². The van der Waals surface area contributed by atoms with E-state index in [2.05, 4.69) is 15.2 Å². The van der Waals surface area contributed by atoms with Gasteiger partial charge < -0.3 is 9.47 Å². The van der Waals surface area contributed by atoms with Gasteiger partial charge in [-0.1, -0.05) is 12.1 Å². The first-order chi connectivity index (χ1) is 13.1. The predicted molar refractivity (Wildman–Crippen MR) is 103 cm³/mol. The number of rotatable bonds is 5. The average molecular weight is 365 g/mol. The van der Waals surface area contributed by atoms with E-state index >= 15 is 0 Å². The second kappa shape index (κ2) is 6.96. The number of hydrogen-bond acceptors (Lipinski definition) is 4. The second-order valence-corrected chi connectivity index (χ2v) is 6.60. The Morgan fingerprint density at radius 2 is 2.00 bits per heavy atom. The molecule has 2 aromatic heterocycles. The molecule has 4 rings (SSSR count). The van der Waals surface area contributed by atoms with Crippen molar-refractivity contribution in [2.45, 2.75) is 20.0 Å². The van der Waals surface area contributed by atoms with Crippen LogP contribution in [0.15, 0.2) is 42.6 Å². The summed E-state index contributed by atoms with van der Waals surface area (Å²) in [7, 11) is 1.64. The molecule has 0 amide bonds. The van der Waals surface area contributed by atoms with E-state index in [1.807, 2.05) is 37.3 Å². The maximum atomic E-state index is 14.4. The van der Waals surface area contributed by atoms with Crippen LogP contribution in [-0.4, -0.2) is 35.0 Å². The van der Waals surface area contributed by atoms with Crippen molar-refractivity contribution in [2.24, 2.45) is 0 Å². The Balaban J connectivity index is 1.79. The Labute approximate surface area is 156 Å². The number of benzene rings is 2. The summed E-state index contributed by atoms with van der Waals surface area (Å²) in [5.41, 5.74) is 3.76. The van der Waals surface area contributed by atoms with Crippen molar-refractivity contribution in [1.82, 2.24) is 15.2 Å². The van der Waals surface area contributed by atoms with Crippen molar-refractivity contribution < 1.29 is 13.9 Å². The Morgan fingerprint density at radius 1 is 1.19 bits per heavy atom. The van der Waals surface area contributed by atoms with Crippen molar-refractivity contribution in [3.05, 3.63) is 54.0 Å². The molecule has 2 heterocycles. The predicted octanol–water partition coefficient (Wildman–Crippen LogP) is 4.64. The van der Waals surface area contributed by atoms with Crippen molar-refractivity contribution in [2.75, 3.05) is 13.7 Å². The Kier molecular flexibility index (Phi) is 4.49. The molecular formula is C21H20FN3O2. The van der Waals surface area contributed by atoms with Gasteiger partial charge in [0.05, 0.1) is 23.3 Å². The quantitative estimate of drug-likeness (QED) is 0.560. The largest absolute Gasteiger partial charge is 0.475 e. The minimum atomic E-state index is -0.263. The van der Waals surface area contributed by atoms with Gasteiger partial charge in [-0.25, -0.2) is 9.37 Å². The molecule has 0 fully saturated rings. The topological polar surface area (TPSA) is 60.0 Å². The van der Waals surface area contributed by atoms with Gasteiger partial charge in [-0.2, -0.15) is 5.10 Å². The molecule has 0 aliphatic rings. The van der Waals surface area contributed by atoms with Crippen LogP contribution in [0.1, 0.15) is 12.5 Å². The van der Waals surface area contributed by atoms with Crippen LogP contribution in [0.25, 0.3) is 32.9 Å². The normalized spacial score (nSPS) is 12.6. The van der Waals surface area contributed by atoms with E-state index in [0.717, 1.165) is 27.4 Å². The van der Waals surface area contributed by atoms with Crippen LogP contribution in [0.4, 0.5) is 4.39 Å².